The number of carbonyl (C=O) groups excluding carboxylic acids is 1. The largest absolute Gasteiger partial charge is 0.454 e. The Bertz CT molecular complexity index is 906. The zero-order chi connectivity index (χ0) is 16.7. The number of cyclic esters (lactones) is 1. The van der Waals surface area contributed by atoms with Crippen molar-refractivity contribution >= 4 is 17.8 Å². The molecule has 2 aliphatic rings. The van der Waals surface area contributed by atoms with Gasteiger partial charge in [0.05, 0.1) is 5.57 Å². The first-order chi connectivity index (χ1) is 11.6. The molecule has 24 heavy (non-hydrogen) atoms. The van der Waals surface area contributed by atoms with E-state index < -0.39 is 0 Å². The third kappa shape index (κ3) is 2.56. The maximum absolute atomic E-state index is 12.2. The van der Waals surface area contributed by atoms with E-state index in [1.807, 2.05) is 44.2 Å². The van der Waals surface area contributed by atoms with Crippen LogP contribution in [0.2, 0.25) is 0 Å². The van der Waals surface area contributed by atoms with Crippen LogP contribution in [-0.4, -0.2) is 12.8 Å². The van der Waals surface area contributed by atoms with Gasteiger partial charge in [0, 0.05) is 5.56 Å². The van der Waals surface area contributed by atoms with Crippen LogP contribution in [0.25, 0.3) is 11.8 Å². The summed E-state index contributed by atoms with van der Waals surface area (Å²) in [6, 6.07) is 11.6. The normalized spacial score (nSPS) is 17.2. The van der Waals surface area contributed by atoms with Gasteiger partial charge in [-0.3, -0.25) is 0 Å². The Balaban J connectivity index is 1.68. The maximum Gasteiger partial charge on any atom is 0.343 e. The summed E-state index contributed by atoms with van der Waals surface area (Å²) in [5.41, 5.74) is 4.58. The highest BCUT2D eigenvalue weighted by Crippen LogP contribution is 2.34. The summed E-state index contributed by atoms with van der Waals surface area (Å²) in [5, 5.41) is 0. The van der Waals surface area contributed by atoms with E-state index in [0.717, 1.165) is 22.4 Å². The molecule has 0 atom stereocenters. The van der Waals surface area contributed by atoms with Gasteiger partial charge in [-0.1, -0.05) is 29.8 Å². The van der Waals surface area contributed by atoms with Crippen molar-refractivity contribution in [2.24, 2.45) is 0 Å². The van der Waals surface area contributed by atoms with Crippen molar-refractivity contribution in [1.82, 2.24) is 0 Å². The molecule has 0 aromatic heterocycles. The average molecular weight is 320 g/mol. The van der Waals surface area contributed by atoms with E-state index in [2.05, 4.69) is 6.07 Å². The molecule has 120 valence electrons. The molecule has 0 bridgehead atoms. The number of esters is 1. The molecule has 0 aliphatic carbocycles. The molecule has 4 nitrogen and oxygen atoms in total. The Labute approximate surface area is 140 Å². The van der Waals surface area contributed by atoms with Crippen molar-refractivity contribution in [3.63, 3.8) is 0 Å². The fraction of sp³-hybridized carbons (Fsp3) is 0.150. The second-order valence-corrected chi connectivity index (χ2v) is 5.93. The fourth-order valence-corrected chi connectivity index (χ4v) is 2.89. The molecule has 4 rings (SSSR count). The summed E-state index contributed by atoms with van der Waals surface area (Å²) < 4.78 is 16.1. The highest BCUT2D eigenvalue weighted by Gasteiger charge is 2.23. The predicted molar refractivity (Wildman–Crippen MR) is 90.5 cm³/mol. The zero-order valence-corrected chi connectivity index (χ0v) is 13.5. The van der Waals surface area contributed by atoms with Crippen molar-refractivity contribution in [2.75, 3.05) is 6.79 Å². The molecule has 2 heterocycles. The number of hydrogen-bond acceptors (Lipinski definition) is 4. The van der Waals surface area contributed by atoms with Crippen molar-refractivity contribution in [2.45, 2.75) is 13.8 Å². The lowest BCUT2D eigenvalue weighted by molar-refractivity contribution is -0.130. The molecule has 0 N–H and O–H groups in total. The topological polar surface area (TPSA) is 44.8 Å². The van der Waals surface area contributed by atoms with Crippen LogP contribution in [0.4, 0.5) is 0 Å². The first-order valence-corrected chi connectivity index (χ1v) is 7.73. The molecule has 2 aliphatic heterocycles. The van der Waals surface area contributed by atoms with E-state index in [-0.39, 0.29) is 12.8 Å². The molecule has 0 saturated carbocycles. The van der Waals surface area contributed by atoms with Crippen molar-refractivity contribution in [3.05, 3.63) is 70.3 Å². The molecule has 0 saturated heterocycles. The minimum atomic E-state index is -0.345. The first-order valence-electron chi connectivity index (χ1n) is 7.73. The lowest BCUT2D eigenvalue weighted by atomic mass is 10.0. The highest BCUT2D eigenvalue weighted by atomic mass is 16.7. The maximum atomic E-state index is 12.2. The van der Waals surface area contributed by atoms with E-state index in [9.17, 15) is 4.79 Å². The molecule has 0 radical (unpaired) electrons. The minimum Gasteiger partial charge on any atom is -0.454 e. The van der Waals surface area contributed by atoms with Gasteiger partial charge in [0.1, 0.15) is 5.76 Å². The third-order valence-electron chi connectivity index (χ3n) is 4.09. The van der Waals surface area contributed by atoms with E-state index in [0.29, 0.717) is 17.1 Å². The first kappa shape index (κ1) is 14.6. The summed E-state index contributed by atoms with van der Waals surface area (Å²) in [4.78, 5) is 12.2. The van der Waals surface area contributed by atoms with Crippen LogP contribution in [0, 0.1) is 13.8 Å². The standard InChI is InChI=1S/C20H16O4/c1-12-3-5-16(13(2)7-12)18-10-15(20(21)24-18)8-14-4-6-17-19(9-14)23-11-22-17/h3-10H,11H2,1-2H3. The molecule has 0 amide bonds. The zero-order valence-electron chi connectivity index (χ0n) is 13.5. The lowest BCUT2D eigenvalue weighted by Crippen LogP contribution is -1.98. The fourth-order valence-electron chi connectivity index (χ4n) is 2.89. The number of aryl methyl sites for hydroxylation is 2. The van der Waals surface area contributed by atoms with Gasteiger partial charge in [0.15, 0.2) is 11.5 Å². The predicted octanol–water partition coefficient (Wildman–Crippen LogP) is 4.01. The Kier molecular flexibility index (Phi) is 3.38. The monoisotopic (exact) mass is 320 g/mol. The van der Waals surface area contributed by atoms with Gasteiger partial charge in [-0.15, -0.1) is 0 Å². The van der Waals surface area contributed by atoms with E-state index >= 15 is 0 Å². The number of hydrogen-bond donors (Lipinski definition) is 0. The molecule has 2 aromatic rings. The minimum absolute atomic E-state index is 0.230. The third-order valence-corrected chi connectivity index (χ3v) is 4.09. The molecule has 2 aromatic carbocycles. The van der Waals surface area contributed by atoms with Gasteiger partial charge in [0.2, 0.25) is 6.79 Å². The van der Waals surface area contributed by atoms with Gasteiger partial charge < -0.3 is 14.2 Å². The van der Waals surface area contributed by atoms with Gasteiger partial charge >= 0.3 is 5.97 Å². The van der Waals surface area contributed by atoms with Gasteiger partial charge in [-0.05, 0) is 49.3 Å². The molecule has 0 unspecified atom stereocenters. The summed E-state index contributed by atoms with van der Waals surface area (Å²) in [6.45, 7) is 4.28. The highest BCUT2D eigenvalue weighted by molar-refractivity contribution is 6.05. The summed E-state index contributed by atoms with van der Waals surface area (Å²) >= 11 is 0. The Morgan fingerprint density at radius 1 is 1.00 bits per heavy atom. The van der Waals surface area contributed by atoms with Crippen LogP contribution in [0.15, 0.2) is 48.0 Å². The van der Waals surface area contributed by atoms with E-state index in [1.165, 1.54) is 5.56 Å². The Hall–Kier alpha value is -3.01. The van der Waals surface area contributed by atoms with Crippen LogP contribution in [-0.2, 0) is 9.53 Å². The molecule has 4 heteroatoms. The quantitative estimate of drug-likeness (QED) is 0.619. The molecular formula is C20H16O4. The van der Waals surface area contributed by atoms with Crippen LogP contribution in [0.1, 0.15) is 22.3 Å². The van der Waals surface area contributed by atoms with Crippen LogP contribution >= 0.6 is 0 Å². The molecule has 0 fully saturated rings. The van der Waals surface area contributed by atoms with E-state index in [4.69, 9.17) is 14.2 Å². The molecule has 0 spiro atoms. The Morgan fingerprint density at radius 2 is 1.83 bits per heavy atom. The van der Waals surface area contributed by atoms with E-state index in [1.54, 1.807) is 12.2 Å². The number of fused-ring (bicyclic) bond motifs is 1. The summed E-state index contributed by atoms with van der Waals surface area (Å²) in [7, 11) is 0. The second-order valence-electron chi connectivity index (χ2n) is 5.93. The smallest absolute Gasteiger partial charge is 0.343 e. The van der Waals surface area contributed by atoms with Crippen LogP contribution in [0.5, 0.6) is 11.5 Å². The van der Waals surface area contributed by atoms with Gasteiger partial charge in [-0.2, -0.15) is 0 Å². The van der Waals surface area contributed by atoms with Gasteiger partial charge in [-0.25, -0.2) is 4.79 Å². The van der Waals surface area contributed by atoms with Crippen molar-refractivity contribution in [1.29, 1.82) is 0 Å². The second kappa shape index (κ2) is 5.57. The average Bonchev–Trinajstić information content (AvgIpc) is 3.14. The Morgan fingerprint density at radius 3 is 2.67 bits per heavy atom. The van der Waals surface area contributed by atoms with Crippen molar-refractivity contribution < 1.29 is 19.0 Å². The molecular weight excluding hydrogens is 304 g/mol. The van der Waals surface area contributed by atoms with Crippen molar-refractivity contribution in [3.8, 4) is 11.5 Å². The number of benzene rings is 2. The van der Waals surface area contributed by atoms with Gasteiger partial charge in [0.25, 0.3) is 0 Å². The SMILES string of the molecule is Cc1ccc(C2=CC(=Cc3ccc4c(c3)OCO4)C(=O)O2)c(C)c1. The summed E-state index contributed by atoms with van der Waals surface area (Å²) in [6.07, 6.45) is 3.57. The van der Waals surface area contributed by atoms with Crippen LogP contribution < -0.4 is 9.47 Å². The summed E-state index contributed by atoms with van der Waals surface area (Å²) in [5.74, 6) is 1.65. The van der Waals surface area contributed by atoms with Crippen LogP contribution in [0.3, 0.4) is 0 Å². The number of carbonyl (C=O) groups is 1. The number of ether oxygens (including phenoxy) is 3. The lowest BCUT2D eigenvalue weighted by Gasteiger charge is -2.06. The number of rotatable bonds is 2.